The molecule has 2 N–H and O–H groups in total. The summed E-state index contributed by atoms with van der Waals surface area (Å²) >= 11 is 0. The van der Waals surface area contributed by atoms with E-state index >= 15 is 0 Å². The zero-order valence-corrected chi connectivity index (χ0v) is 12.1. The molecule has 20 heavy (non-hydrogen) atoms. The molecule has 2 aromatic rings. The van der Waals surface area contributed by atoms with Gasteiger partial charge in [0.2, 0.25) is 0 Å². The Bertz CT molecular complexity index is 682. The van der Waals surface area contributed by atoms with Gasteiger partial charge in [0.1, 0.15) is 0 Å². The van der Waals surface area contributed by atoms with Gasteiger partial charge >= 0.3 is 0 Å². The maximum absolute atomic E-state index is 12.1. The third-order valence-corrected chi connectivity index (χ3v) is 4.85. The molecule has 1 atom stereocenters. The molecule has 1 heterocycles. The summed E-state index contributed by atoms with van der Waals surface area (Å²) in [5.41, 5.74) is 3.54. The smallest absolute Gasteiger partial charge is 0.156 e. The molecule has 2 rings (SSSR count). The first-order valence-electron chi connectivity index (χ1n) is 6.48. The molecule has 1 unspecified atom stereocenters. The van der Waals surface area contributed by atoms with Crippen molar-refractivity contribution in [2.45, 2.75) is 25.1 Å². The van der Waals surface area contributed by atoms with Gasteiger partial charge in [-0.1, -0.05) is 25.1 Å². The summed E-state index contributed by atoms with van der Waals surface area (Å²) in [7, 11) is -3.29. The lowest BCUT2D eigenvalue weighted by Gasteiger charge is -2.13. The number of rotatable bonds is 6. The predicted octanol–water partition coefficient (Wildman–Crippen LogP) is 1.91. The van der Waals surface area contributed by atoms with E-state index in [0.717, 1.165) is 10.9 Å². The molecule has 6 heteroatoms. The van der Waals surface area contributed by atoms with Gasteiger partial charge in [-0.2, -0.15) is 0 Å². The van der Waals surface area contributed by atoms with E-state index < -0.39 is 15.9 Å². The van der Waals surface area contributed by atoms with Crippen LogP contribution in [-0.2, 0) is 15.6 Å². The topological polar surface area (TPSA) is 79.3 Å². The van der Waals surface area contributed by atoms with Crippen LogP contribution in [0.3, 0.4) is 0 Å². The largest absolute Gasteiger partial charge is 0.317 e. The Balaban J connectivity index is 2.18. The van der Waals surface area contributed by atoms with E-state index in [1.54, 1.807) is 6.20 Å². The van der Waals surface area contributed by atoms with Gasteiger partial charge in [-0.3, -0.25) is 4.98 Å². The van der Waals surface area contributed by atoms with Crippen LogP contribution in [0.25, 0.3) is 10.9 Å². The molecule has 0 aliphatic carbocycles. The predicted molar refractivity (Wildman–Crippen MR) is 78.2 cm³/mol. The summed E-state index contributed by atoms with van der Waals surface area (Å²) in [6.45, 7) is 1.82. The quantitative estimate of drug-likeness (QED) is 0.796. The lowest BCUT2D eigenvalue weighted by atomic mass is 10.2. The number of hydroxylamine groups is 1. The van der Waals surface area contributed by atoms with Crippen molar-refractivity contribution >= 4 is 20.7 Å². The second-order valence-electron chi connectivity index (χ2n) is 4.83. The van der Waals surface area contributed by atoms with Crippen LogP contribution < -0.4 is 5.48 Å². The third-order valence-electron chi connectivity index (χ3n) is 3.16. The van der Waals surface area contributed by atoms with Gasteiger partial charge in [-0.05, 0) is 24.1 Å². The number of aromatic nitrogens is 1. The van der Waals surface area contributed by atoms with Gasteiger partial charge in [0.05, 0.1) is 17.0 Å². The molecule has 5 nitrogen and oxygen atoms in total. The second-order valence-corrected chi connectivity index (χ2v) is 6.93. The standard InChI is InChI=1S/C14H18N2O3S/c1-2-13(16-17)10-20(18,19)9-11-7-12-5-3-4-6-14(12)15-8-11/h3-8,13,16-17H,2,9-10H2,1H3. The Hall–Kier alpha value is -1.50. The number of fused-ring (bicyclic) bond motifs is 1. The zero-order valence-electron chi connectivity index (χ0n) is 11.3. The molecule has 0 bridgehead atoms. The third kappa shape index (κ3) is 3.75. The maximum atomic E-state index is 12.1. The number of pyridine rings is 1. The van der Waals surface area contributed by atoms with Crippen molar-refractivity contribution in [3.8, 4) is 0 Å². The van der Waals surface area contributed by atoms with E-state index in [1.165, 1.54) is 0 Å². The summed E-state index contributed by atoms with van der Waals surface area (Å²) in [6.07, 6.45) is 2.14. The van der Waals surface area contributed by atoms with Crippen molar-refractivity contribution in [2.24, 2.45) is 0 Å². The molecule has 0 amide bonds. The number of nitrogens with one attached hydrogen (secondary N) is 1. The van der Waals surface area contributed by atoms with Crippen molar-refractivity contribution in [1.29, 1.82) is 0 Å². The monoisotopic (exact) mass is 294 g/mol. The van der Waals surface area contributed by atoms with E-state index in [0.29, 0.717) is 12.0 Å². The van der Waals surface area contributed by atoms with E-state index in [-0.39, 0.29) is 11.5 Å². The minimum Gasteiger partial charge on any atom is -0.317 e. The van der Waals surface area contributed by atoms with E-state index in [9.17, 15) is 8.42 Å². The molecule has 0 aliphatic rings. The van der Waals surface area contributed by atoms with Crippen molar-refractivity contribution in [2.75, 3.05) is 5.75 Å². The van der Waals surface area contributed by atoms with Gasteiger partial charge in [-0.15, -0.1) is 0 Å². The fourth-order valence-electron chi connectivity index (χ4n) is 2.06. The highest BCUT2D eigenvalue weighted by molar-refractivity contribution is 7.90. The normalized spacial score (nSPS) is 13.5. The van der Waals surface area contributed by atoms with Crippen molar-refractivity contribution < 1.29 is 13.6 Å². The van der Waals surface area contributed by atoms with Crippen LogP contribution in [0.4, 0.5) is 0 Å². The van der Waals surface area contributed by atoms with Gasteiger partial charge < -0.3 is 5.21 Å². The fraction of sp³-hybridized carbons (Fsp3) is 0.357. The summed E-state index contributed by atoms with van der Waals surface area (Å²) in [5.74, 6) is -0.157. The van der Waals surface area contributed by atoms with Gasteiger partial charge in [0.15, 0.2) is 9.84 Å². The van der Waals surface area contributed by atoms with Crippen LogP contribution in [0.15, 0.2) is 36.5 Å². The number of sulfone groups is 1. The number of hydrogen-bond acceptors (Lipinski definition) is 5. The molecule has 0 radical (unpaired) electrons. The summed E-state index contributed by atoms with van der Waals surface area (Å²) in [4.78, 5) is 4.26. The molecular weight excluding hydrogens is 276 g/mol. The zero-order chi connectivity index (χ0) is 14.6. The average molecular weight is 294 g/mol. The molecule has 0 saturated heterocycles. The Labute approximate surface area is 118 Å². The summed E-state index contributed by atoms with van der Waals surface area (Å²) < 4.78 is 24.2. The van der Waals surface area contributed by atoms with Crippen LogP contribution in [0, 0.1) is 0 Å². The minimum absolute atomic E-state index is 0.0665. The number of benzene rings is 1. The van der Waals surface area contributed by atoms with Crippen LogP contribution in [0.1, 0.15) is 18.9 Å². The molecule has 0 aliphatic heterocycles. The van der Waals surface area contributed by atoms with Crippen LogP contribution >= 0.6 is 0 Å². The first-order chi connectivity index (χ1) is 9.54. The summed E-state index contributed by atoms with van der Waals surface area (Å²) in [5, 5.41) is 9.79. The maximum Gasteiger partial charge on any atom is 0.156 e. The second kappa shape index (κ2) is 6.30. The Morgan fingerprint density at radius 2 is 2.10 bits per heavy atom. The fourth-order valence-corrected chi connectivity index (χ4v) is 3.77. The SMILES string of the molecule is CCC(CS(=O)(=O)Cc1cnc2ccccc2c1)NO. The van der Waals surface area contributed by atoms with Crippen molar-refractivity contribution in [1.82, 2.24) is 10.5 Å². The number of hydrogen-bond donors (Lipinski definition) is 2. The van der Waals surface area contributed by atoms with Gasteiger partial charge in [-0.25, -0.2) is 13.9 Å². The molecule has 0 spiro atoms. The highest BCUT2D eigenvalue weighted by Gasteiger charge is 2.18. The van der Waals surface area contributed by atoms with Gasteiger partial charge in [0.25, 0.3) is 0 Å². The Morgan fingerprint density at radius 1 is 1.35 bits per heavy atom. The van der Waals surface area contributed by atoms with Crippen LogP contribution in [0.5, 0.6) is 0 Å². The van der Waals surface area contributed by atoms with Crippen LogP contribution in [-0.4, -0.2) is 30.4 Å². The first-order valence-corrected chi connectivity index (χ1v) is 8.30. The summed E-state index contributed by atoms with van der Waals surface area (Å²) in [6, 6.07) is 8.98. The lowest BCUT2D eigenvalue weighted by molar-refractivity contribution is 0.132. The van der Waals surface area contributed by atoms with E-state index in [2.05, 4.69) is 4.98 Å². The number of nitrogens with zero attached hydrogens (tertiary/aromatic N) is 1. The van der Waals surface area contributed by atoms with Crippen molar-refractivity contribution in [3.05, 3.63) is 42.1 Å². The Morgan fingerprint density at radius 3 is 2.80 bits per heavy atom. The molecule has 0 saturated carbocycles. The lowest BCUT2D eigenvalue weighted by Crippen LogP contribution is -2.33. The van der Waals surface area contributed by atoms with E-state index in [1.807, 2.05) is 42.7 Å². The van der Waals surface area contributed by atoms with Crippen molar-refractivity contribution in [3.63, 3.8) is 0 Å². The van der Waals surface area contributed by atoms with Crippen LogP contribution in [0.2, 0.25) is 0 Å². The highest BCUT2D eigenvalue weighted by Crippen LogP contribution is 2.15. The average Bonchev–Trinajstić information content (AvgIpc) is 2.44. The molecule has 1 aromatic heterocycles. The molecule has 1 aromatic carbocycles. The molecular formula is C14H18N2O3S. The van der Waals surface area contributed by atoms with Gasteiger partial charge in [0, 0.05) is 17.6 Å². The molecule has 108 valence electrons. The Kier molecular flexibility index (Phi) is 4.69. The van der Waals surface area contributed by atoms with E-state index in [4.69, 9.17) is 5.21 Å². The highest BCUT2D eigenvalue weighted by atomic mass is 32.2. The first kappa shape index (κ1) is 14.9. The molecule has 0 fully saturated rings. The minimum atomic E-state index is -3.29. The number of para-hydroxylation sites is 1.